The minimum Gasteiger partial charge on any atom is -0.490 e. The van der Waals surface area contributed by atoms with Crippen LogP contribution in [0.3, 0.4) is 0 Å². The van der Waals surface area contributed by atoms with E-state index in [0.717, 1.165) is 0 Å². The third-order valence-electron chi connectivity index (χ3n) is 2.81. The van der Waals surface area contributed by atoms with E-state index in [4.69, 9.17) is 53.4 Å². The number of aromatic nitrogens is 2. The third kappa shape index (κ3) is 5.39. The molecule has 0 amide bonds. The molecule has 0 saturated heterocycles. The molecular formula is C15H15Cl3N2O5. The second kappa shape index (κ2) is 8.60. The maximum absolute atomic E-state index is 11.4. The molecule has 0 radical (unpaired) electrons. The van der Waals surface area contributed by atoms with E-state index < -0.39 is 9.76 Å². The Morgan fingerprint density at radius 3 is 2.48 bits per heavy atom. The number of ether oxygens (including phenoxy) is 3. The highest BCUT2D eigenvalue weighted by molar-refractivity contribution is 6.66. The van der Waals surface area contributed by atoms with Crippen molar-refractivity contribution in [2.24, 2.45) is 0 Å². The van der Waals surface area contributed by atoms with Crippen LogP contribution in [-0.2, 0) is 13.3 Å². The van der Waals surface area contributed by atoms with Gasteiger partial charge in [0.25, 0.3) is 9.68 Å². The number of alkyl halides is 3. The summed E-state index contributed by atoms with van der Waals surface area (Å²) < 4.78 is 19.3. The number of carbonyl (C=O) groups excluding carboxylic acids is 1. The number of hydrogen-bond donors (Lipinski definition) is 0. The summed E-state index contributed by atoms with van der Waals surface area (Å²) in [5.74, 6) is 0.309. The zero-order chi connectivity index (χ0) is 18.4. The molecule has 0 aliphatic rings. The minimum atomic E-state index is -1.81. The highest BCUT2D eigenvalue weighted by Crippen LogP contribution is 2.39. The number of nitrogens with zero attached hydrogens (tertiary/aromatic N) is 2. The van der Waals surface area contributed by atoms with Gasteiger partial charge in [-0.15, -0.1) is 10.2 Å². The maximum atomic E-state index is 11.4. The average Bonchev–Trinajstić information content (AvgIpc) is 3.04. The van der Waals surface area contributed by atoms with Gasteiger partial charge in [-0.3, -0.25) is 0 Å². The Labute approximate surface area is 159 Å². The molecular weight excluding hydrogens is 395 g/mol. The van der Waals surface area contributed by atoms with Crippen LogP contribution in [0.4, 0.5) is 0 Å². The third-order valence-corrected chi connectivity index (χ3v) is 3.29. The van der Waals surface area contributed by atoms with Gasteiger partial charge in [-0.05, 0) is 32.0 Å². The van der Waals surface area contributed by atoms with Gasteiger partial charge < -0.3 is 18.6 Å². The molecule has 0 aliphatic carbocycles. The number of esters is 1. The lowest BCUT2D eigenvalue weighted by Crippen LogP contribution is -2.15. The molecule has 0 bridgehead atoms. The monoisotopic (exact) mass is 408 g/mol. The summed E-state index contributed by atoms with van der Waals surface area (Å²) in [7, 11) is 0. The average molecular weight is 410 g/mol. The zero-order valence-electron chi connectivity index (χ0n) is 13.4. The topological polar surface area (TPSA) is 83.7 Å². The Bertz CT molecular complexity index is 730. The van der Waals surface area contributed by atoms with Gasteiger partial charge in [-0.25, -0.2) is 4.79 Å². The van der Waals surface area contributed by atoms with Crippen LogP contribution >= 0.6 is 34.8 Å². The first-order valence-electron chi connectivity index (χ1n) is 7.31. The molecule has 0 atom stereocenters. The Morgan fingerprint density at radius 2 is 1.88 bits per heavy atom. The highest BCUT2D eigenvalue weighted by atomic mass is 35.6. The molecule has 7 nitrogen and oxygen atoms in total. The SMILES string of the molecule is CCOC(=O)COc1ccc(-c2nnc(C(Cl)(Cl)Cl)o2)cc1OCC. The van der Waals surface area contributed by atoms with Crippen molar-refractivity contribution in [3.05, 3.63) is 24.1 Å². The van der Waals surface area contributed by atoms with Gasteiger partial charge >= 0.3 is 5.97 Å². The molecule has 1 aromatic heterocycles. The van der Waals surface area contributed by atoms with E-state index >= 15 is 0 Å². The number of halogens is 3. The molecule has 0 unspecified atom stereocenters. The molecule has 10 heteroatoms. The highest BCUT2D eigenvalue weighted by Gasteiger charge is 2.30. The van der Waals surface area contributed by atoms with Gasteiger partial charge in [-0.1, -0.05) is 34.8 Å². The maximum Gasteiger partial charge on any atom is 0.344 e. The van der Waals surface area contributed by atoms with Crippen LogP contribution in [-0.4, -0.2) is 36.0 Å². The lowest BCUT2D eigenvalue weighted by Gasteiger charge is -2.12. The molecule has 1 aromatic carbocycles. The van der Waals surface area contributed by atoms with Crippen LogP contribution in [0, 0.1) is 0 Å². The summed E-state index contributed by atoms with van der Waals surface area (Å²) in [6.45, 7) is 3.97. The van der Waals surface area contributed by atoms with E-state index in [0.29, 0.717) is 23.7 Å². The van der Waals surface area contributed by atoms with Crippen molar-refractivity contribution in [1.29, 1.82) is 0 Å². The molecule has 25 heavy (non-hydrogen) atoms. The van der Waals surface area contributed by atoms with E-state index in [1.165, 1.54) is 0 Å². The first-order valence-corrected chi connectivity index (χ1v) is 8.44. The Balaban J connectivity index is 2.22. The predicted octanol–water partition coefficient (Wildman–Crippen LogP) is 3.90. The molecule has 0 aliphatic heterocycles. The summed E-state index contributed by atoms with van der Waals surface area (Å²) in [6.07, 6.45) is 0. The smallest absolute Gasteiger partial charge is 0.344 e. The fourth-order valence-corrected chi connectivity index (χ4v) is 2.05. The van der Waals surface area contributed by atoms with Crippen molar-refractivity contribution in [2.45, 2.75) is 17.6 Å². The number of benzene rings is 1. The summed E-state index contributed by atoms with van der Waals surface area (Å²) >= 11 is 17.1. The second-order valence-corrected chi connectivity index (χ2v) is 6.88. The van der Waals surface area contributed by atoms with Crippen LogP contribution in [0.1, 0.15) is 19.7 Å². The summed E-state index contributed by atoms with van der Waals surface area (Å²) in [5, 5.41) is 7.54. The fourth-order valence-electron chi connectivity index (χ4n) is 1.82. The largest absolute Gasteiger partial charge is 0.490 e. The van der Waals surface area contributed by atoms with Crippen molar-refractivity contribution >= 4 is 40.8 Å². The second-order valence-electron chi connectivity index (χ2n) is 4.60. The molecule has 1 heterocycles. The molecule has 0 fully saturated rings. The molecule has 2 aromatic rings. The van der Waals surface area contributed by atoms with Gasteiger partial charge in [0.05, 0.1) is 13.2 Å². The van der Waals surface area contributed by atoms with Crippen LogP contribution in [0.5, 0.6) is 11.5 Å². The van der Waals surface area contributed by atoms with E-state index in [9.17, 15) is 4.79 Å². The molecule has 0 spiro atoms. The Hall–Kier alpha value is -1.70. The summed E-state index contributed by atoms with van der Waals surface area (Å²) in [5.41, 5.74) is 0.542. The van der Waals surface area contributed by atoms with Crippen LogP contribution in [0.2, 0.25) is 0 Å². The van der Waals surface area contributed by atoms with Gasteiger partial charge in [-0.2, -0.15) is 0 Å². The van der Waals surface area contributed by atoms with Crippen molar-refractivity contribution in [3.8, 4) is 23.0 Å². The number of carbonyl (C=O) groups is 1. The fraction of sp³-hybridized carbons (Fsp3) is 0.400. The molecule has 0 N–H and O–H groups in total. The lowest BCUT2D eigenvalue weighted by molar-refractivity contribution is -0.145. The van der Waals surface area contributed by atoms with E-state index in [1.54, 1.807) is 25.1 Å². The molecule has 0 saturated carbocycles. The van der Waals surface area contributed by atoms with Crippen molar-refractivity contribution in [1.82, 2.24) is 10.2 Å². The molecule has 136 valence electrons. The van der Waals surface area contributed by atoms with Gasteiger partial charge in [0.1, 0.15) is 0 Å². The van der Waals surface area contributed by atoms with Crippen molar-refractivity contribution in [3.63, 3.8) is 0 Å². The molecule has 2 rings (SSSR count). The van der Waals surface area contributed by atoms with E-state index in [-0.39, 0.29) is 25.0 Å². The quantitative estimate of drug-likeness (QED) is 0.506. The standard InChI is InChI=1S/C15H15Cl3N2O5/c1-3-22-11-7-9(13-19-20-14(25-13)15(16,17)18)5-6-10(11)24-8-12(21)23-4-2/h5-7H,3-4,8H2,1-2H3. The van der Waals surface area contributed by atoms with E-state index in [2.05, 4.69) is 10.2 Å². The van der Waals surface area contributed by atoms with Crippen molar-refractivity contribution < 1.29 is 23.4 Å². The lowest BCUT2D eigenvalue weighted by atomic mass is 10.2. The summed E-state index contributed by atoms with van der Waals surface area (Å²) in [4.78, 5) is 11.4. The van der Waals surface area contributed by atoms with Gasteiger partial charge in [0.15, 0.2) is 18.1 Å². The van der Waals surface area contributed by atoms with Crippen LogP contribution in [0.15, 0.2) is 22.6 Å². The zero-order valence-corrected chi connectivity index (χ0v) is 15.7. The van der Waals surface area contributed by atoms with Crippen molar-refractivity contribution in [2.75, 3.05) is 19.8 Å². The Morgan fingerprint density at radius 1 is 1.12 bits per heavy atom. The Kier molecular flexibility index (Phi) is 6.75. The van der Waals surface area contributed by atoms with Gasteiger partial charge in [0, 0.05) is 5.56 Å². The summed E-state index contributed by atoms with van der Waals surface area (Å²) in [6, 6.07) is 4.89. The number of rotatable bonds is 7. The van der Waals surface area contributed by atoms with Crippen LogP contribution in [0.25, 0.3) is 11.5 Å². The number of hydrogen-bond acceptors (Lipinski definition) is 7. The normalized spacial score (nSPS) is 11.2. The first-order chi connectivity index (χ1) is 11.8. The van der Waals surface area contributed by atoms with E-state index in [1.807, 2.05) is 6.92 Å². The van der Waals surface area contributed by atoms with Crippen LogP contribution < -0.4 is 9.47 Å². The first kappa shape index (κ1) is 19.6. The van der Waals surface area contributed by atoms with Gasteiger partial charge in [0.2, 0.25) is 5.89 Å². The predicted molar refractivity (Wildman–Crippen MR) is 92.3 cm³/mol. The minimum absolute atomic E-state index is 0.145.